The number of hydrogen-bond acceptors (Lipinski definition) is 4. The molecule has 3 rings (SSSR count). The maximum Gasteiger partial charge on any atom is 0.0794 e. The molecule has 1 aliphatic heterocycles. The van der Waals surface area contributed by atoms with Crippen LogP contribution in [0.3, 0.4) is 0 Å². The Kier molecular flexibility index (Phi) is 5.06. The number of nitrogens with one attached hydrogen (secondary N) is 2. The Labute approximate surface area is 130 Å². The molecule has 0 spiro atoms. The van der Waals surface area contributed by atoms with Crippen LogP contribution in [0.2, 0.25) is 0 Å². The summed E-state index contributed by atoms with van der Waals surface area (Å²) in [6.07, 6.45) is 6.05. The molecule has 5 heteroatoms. The fraction of sp³-hybridized carbons (Fsp3) is 0.562. The summed E-state index contributed by atoms with van der Waals surface area (Å²) in [6.45, 7) is 6.76. The summed E-state index contributed by atoms with van der Waals surface area (Å²) in [5, 5.41) is 13.0. The Balaban J connectivity index is 1.50. The lowest BCUT2D eigenvalue weighted by Crippen LogP contribution is -2.42. The predicted octanol–water partition coefficient (Wildman–Crippen LogP) is 3.10. The topological polar surface area (TPSA) is 44.0 Å². The van der Waals surface area contributed by atoms with Gasteiger partial charge in [0, 0.05) is 24.7 Å². The summed E-state index contributed by atoms with van der Waals surface area (Å²) in [5.74, 6) is 0. The number of H-pyrrole nitrogens is 1. The van der Waals surface area contributed by atoms with Gasteiger partial charge in [-0.2, -0.15) is 5.10 Å². The number of nitrogens with zero attached hydrogens (tertiary/aromatic N) is 2. The second-order valence-corrected chi connectivity index (χ2v) is 6.77. The van der Waals surface area contributed by atoms with Crippen molar-refractivity contribution in [3.8, 4) is 10.6 Å². The van der Waals surface area contributed by atoms with E-state index in [-0.39, 0.29) is 0 Å². The van der Waals surface area contributed by atoms with E-state index >= 15 is 0 Å². The van der Waals surface area contributed by atoms with Gasteiger partial charge in [0.15, 0.2) is 0 Å². The quantitative estimate of drug-likeness (QED) is 0.862. The van der Waals surface area contributed by atoms with Gasteiger partial charge in [-0.15, -0.1) is 11.3 Å². The molecule has 0 bridgehead atoms. The Morgan fingerprint density at radius 3 is 3.00 bits per heavy atom. The van der Waals surface area contributed by atoms with Crippen LogP contribution in [0.4, 0.5) is 0 Å². The summed E-state index contributed by atoms with van der Waals surface area (Å²) in [4.78, 5) is 3.86. The number of aromatic nitrogens is 2. The monoisotopic (exact) mass is 304 g/mol. The second-order valence-electron chi connectivity index (χ2n) is 5.82. The summed E-state index contributed by atoms with van der Waals surface area (Å²) in [5.41, 5.74) is 2.41. The highest BCUT2D eigenvalue weighted by Gasteiger charge is 2.16. The first-order valence-corrected chi connectivity index (χ1v) is 8.73. The minimum Gasteiger partial charge on any atom is -0.311 e. The smallest absolute Gasteiger partial charge is 0.0794 e. The molecule has 0 radical (unpaired) electrons. The predicted molar refractivity (Wildman–Crippen MR) is 88.5 cm³/mol. The average Bonchev–Trinajstić information content (AvgIpc) is 3.18. The lowest BCUT2D eigenvalue weighted by Gasteiger charge is -2.32. The molecule has 1 atom stereocenters. The summed E-state index contributed by atoms with van der Waals surface area (Å²) in [7, 11) is 0. The molecule has 1 saturated heterocycles. The van der Waals surface area contributed by atoms with Crippen LogP contribution in [0.25, 0.3) is 10.6 Å². The first-order valence-electron chi connectivity index (χ1n) is 7.85. The molecule has 1 unspecified atom stereocenters. The zero-order chi connectivity index (χ0) is 14.5. The van der Waals surface area contributed by atoms with Crippen molar-refractivity contribution in [3.05, 3.63) is 29.3 Å². The normalized spacial score (nSPS) is 18.0. The van der Waals surface area contributed by atoms with Gasteiger partial charge in [-0.25, -0.2) is 0 Å². The van der Waals surface area contributed by atoms with Crippen LogP contribution in [0.1, 0.15) is 31.7 Å². The maximum atomic E-state index is 4.20. The van der Waals surface area contributed by atoms with Crippen molar-refractivity contribution < 1.29 is 0 Å². The highest BCUT2D eigenvalue weighted by atomic mass is 32.1. The molecule has 0 amide bonds. The van der Waals surface area contributed by atoms with Crippen LogP contribution in [0.5, 0.6) is 0 Å². The first-order chi connectivity index (χ1) is 10.3. The second kappa shape index (κ2) is 7.20. The van der Waals surface area contributed by atoms with Gasteiger partial charge in [0.25, 0.3) is 0 Å². The van der Waals surface area contributed by atoms with E-state index in [1.54, 1.807) is 11.3 Å². The molecule has 4 nitrogen and oxygen atoms in total. The van der Waals surface area contributed by atoms with Crippen molar-refractivity contribution in [2.75, 3.05) is 19.6 Å². The molecule has 1 aliphatic rings. The van der Waals surface area contributed by atoms with E-state index in [0.29, 0.717) is 6.04 Å². The molecule has 2 aromatic rings. The molecular formula is C16H24N4S. The van der Waals surface area contributed by atoms with Crippen LogP contribution >= 0.6 is 11.3 Å². The van der Waals surface area contributed by atoms with Gasteiger partial charge in [-0.3, -0.25) is 10.00 Å². The highest BCUT2D eigenvalue weighted by molar-refractivity contribution is 7.13. The Hall–Kier alpha value is -1.17. The van der Waals surface area contributed by atoms with Crippen molar-refractivity contribution in [2.45, 2.75) is 38.8 Å². The SMILES string of the molecule is CC(CNCc1cn[nH]c1-c1cccs1)N1CCCCC1. The van der Waals surface area contributed by atoms with Crippen LogP contribution in [-0.2, 0) is 6.54 Å². The van der Waals surface area contributed by atoms with Gasteiger partial charge in [0.1, 0.15) is 0 Å². The van der Waals surface area contributed by atoms with E-state index < -0.39 is 0 Å². The van der Waals surface area contributed by atoms with Gasteiger partial charge in [0.05, 0.1) is 16.8 Å². The van der Waals surface area contributed by atoms with Crippen LogP contribution in [-0.4, -0.2) is 40.8 Å². The minimum atomic E-state index is 0.613. The van der Waals surface area contributed by atoms with Gasteiger partial charge in [0.2, 0.25) is 0 Å². The fourth-order valence-electron chi connectivity index (χ4n) is 2.98. The third-order valence-corrected chi connectivity index (χ3v) is 5.14. The van der Waals surface area contributed by atoms with Gasteiger partial charge in [-0.05, 0) is 44.3 Å². The zero-order valence-electron chi connectivity index (χ0n) is 12.6. The molecule has 0 aliphatic carbocycles. The maximum absolute atomic E-state index is 4.20. The van der Waals surface area contributed by atoms with E-state index in [9.17, 15) is 0 Å². The van der Waals surface area contributed by atoms with Crippen LogP contribution < -0.4 is 5.32 Å². The lowest BCUT2D eigenvalue weighted by molar-refractivity contribution is 0.170. The third-order valence-electron chi connectivity index (χ3n) is 4.25. The molecule has 3 heterocycles. The summed E-state index contributed by atoms with van der Waals surface area (Å²) < 4.78 is 0. The number of hydrogen-bond donors (Lipinski definition) is 2. The van der Waals surface area contributed by atoms with Crippen LogP contribution in [0.15, 0.2) is 23.7 Å². The first kappa shape index (κ1) is 14.8. The number of rotatable bonds is 6. The largest absolute Gasteiger partial charge is 0.311 e. The van der Waals surface area contributed by atoms with E-state index in [4.69, 9.17) is 0 Å². The minimum absolute atomic E-state index is 0.613. The number of likely N-dealkylation sites (tertiary alicyclic amines) is 1. The van der Waals surface area contributed by atoms with Crippen molar-refractivity contribution in [1.29, 1.82) is 0 Å². The van der Waals surface area contributed by atoms with Crippen molar-refractivity contribution in [1.82, 2.24) is 20.4 Å². The summed E-state index contributed by atoms with van der Waals surface area (Å²) in [6, 6.07) is 4.83. The van der Waals surface area contributed by atoms with Crippen molar-refractivity contribution >= 4 is 11.3 Å². The van der Waals surface area contributed by atoms with Gasteiger partial charge < -0.3 is 5.32 Å². The van der Waals surface area contributed by atoms with Crippen molar-refractivity contribution in [3.63, 3.8) is 0 Å². The molecule has 2 N–H and O–H groups in total. The Bertz CT molecular complexity index is 528. The third kappa shape index (κ3) is 3.73. The van der Waals surface area contributed by atoms with Gasteiger partial charge in [-0.1, -0.05) is 12.5 Å². The standard InChI is InChI=1S/C16H24N4S/c1-13(20-7-3-2-4-8-20)10-17-11-14-12-18-19-16(14)15-6-5-9-21-15/h5-6,9,12-13,17H,2-4,7-8,10-11H2,1H3,(H,18,19). The van der Waals surface area contributed by atoms with E-state index in [0.717, 1.165) is 18.8 Å². The van der Waals surface area contributed by atoms with Crippen molar-refractivity contribution in [2.24, 2.45) is 0 Å². The van der Waals surface area contributed by atoms with Gasteiger partial charge >= 0.3 is 0 Å². The van der Waals surface area contributed by atoms with E-state index in [1.807, 2.05) is 6.20 Å². The molecule has 0 aromatic carbocycles. The fourth-order valence-corrected chi connectivity index (χ4v) is 3.74. The number of piperidine rings is 1. The summed E-state index contributed by atoms with van der Waals surface area (Å²) >= 11 is 1.75. The molecule has 2 aromatic heterocycles. The average molecular weight is 304 g/mol. The molecule has 21 heavy (non-hydrogen) atoms. The zero-order valence-corrected chi connectivity index (χ0v) is 13.5. The van der Waals surface area contributed by atoms with E-state index in [1.165, 1.54) is 42.8 Å². The Morgan fingerprint density at radius 2 is 2.24 bits per heavy atom. The molecule has 1 fully saturated rings. The van der Waals surface area contributed by atoms with Crippen LogP contribution in [0, 0.1) is 0 Å². The lowest BCUT2D eigenvalue weighted by atomic mass is 10.1. The highest BCUT2D eigenvalue weighted by Crippen LogP contribution is 2.25. The molecule has 114 valence electrons. The Morgan fingerprint density at radius 1 is 1.38 bits per heavy atom. The molecule has 0 saturated carbocycles. The number of aromatic amines is 1. The molecular weight excluding hydrogens is 280 g/mol. The van der Waals surface area contributed by atoms with E-state index in [2.05, 4.69) is 44.9 Å². The number of thiophene rings is 1.